The Bertz CT molecular complexity index is 3640. The number of phenolic OH excluding ortho intramolecular Hbond substituents is 6. The molecule has 14 atom stereocenters. The van der Waals surface area contributed by atoms with Gasteiger partial charge in [-0.15, -0.1) is 0 Å². The van der Waals surface area contributed by atoms with Gasteiger partial charge in [0.05, 0.1) is 11.7 Å². The smallest absolute Gasteiger partial charge is 0.200 e. The van der Waals surface area contributed by atoms with Crippen LogP contribution >= 0.6 is 0 Å². The van der Waals surface area contributed by atoms with Crippen LogP contribution in [0.3, 0.4) is 0 Å². The third-order valence-corrected chi connectivity index (χ3v) is 25.0. The van der Waals surface area contributed by atoms with Crippen molar-refractivity contribution >= 4 is 5.78 Å². The van der Waals surface area contributed by atoms with E-state index in [-0.39, 0.29) is 106 Å². The van der Waals surface area contributed by atoms with Crippen LogP contribution in [0.1, 0.15) is 205 Å². The Hall–Kier alpha value is -6.67. The minimum atomic E-state index is -1.14. The molecule has 1 aromatic heterocycles. The van der Waals surface area contributed by atoms with E-state index in [0.29, 0.717) is 55.9 Å². The number of hydrogen-bond acceptors (Lipinski definition) is 12. The molecule has 90 heavy (non-hydrogen) atoms. The number of aromatic hydroxyl groups is 6. The fourth-order valence-corrected chi connectivity index (χ4v) is 21.2. The van der Waals surface area contributed by atoms with Crippen LogP contribution in [0.2, 0.25) is 0 Å². The SMILES string of the molecule is CC(C)CCC1CCCC1(Oc1c(O)c(O)cc2c1C1CC3C(Cc4ccc(O)cc4O)CC(C(=O)CCc4ccc(O)c(OCN)c4)C(O)C3C2C(C23CCC4(CCC(CCC5(O)CCCCC5)C4)C2c2cc[nH]c2-c2ccccc23)C1)c1cccc(O)c1. The number of ether oxygens (including phenoxy) is 2. The van der Waals surface area contributed by atoms with Crippen LogP contribution in [0.5, 0.6) is 46.0 Å². The Labute approximate surface area is 530 Å². The van der Waals surface area contributed by atoms with E-state index in [1.54, 1.807) is 42.5 Å². The number of hydrogen-bond donors (Lipinski definition) is 10. The first-order valence-electron chi connectivity index (χ1n) is 34.4. The van der Waals surface area contributed by atoms with Gasteiger partial charge in [-0.1, -0.05) is 88.1 Å². The molecule has 0 saturated heterocycles. The number of aryl methyl sites for hydroxylation is 1. The number of H-pyrrole nitrogens is 1. The molecule has 13 heteroatoms. The van der Waals surface area contributed by atoms with Gasteiger partial charge in [-0.2, -0.15) is 0 Å². The molecule has 2 bridgehead atoms. The van der Waals surface area contributed by atoms with E-state index in [1.165, 1.54) is 29.2 Å². The van der Waals surface area contributed by atoms with Crippen molar-refractivity contribution in [3.63, 3.8) is 0 Å². The van der Waals surface area contributed by atoms with Crippen molar-refractivity contribution in [3.05, 3.63) is 142 Å². The van der Waals surface area contributed by atoms with Crippen LogP contribution in [0, 0.1) is 52.8 Å². The first kappa shape index (κ1) is 60.9. The molecule has 15 rings (SSSR count). The molecule has 14 unspecified atom stereocenters. The molecule has 9 aliphatic rings. The molecule has 1 spiro atoms. The van der Waals surface area contributed by atoms with E-state index < -0.39 is 40.5 Å². The molecule has 6 aromatic rings. The molecule has 0 amide bonds. The maximum atomic E-state index is 15.6. The lowest BCUT2D eigenvalue weighted by Crippen LogP contribution is -2.53. The Morgan fingerprint density at radius 1 is 0.767 bits per heavy atom. The lowest BCUT2D eigenvalue weighted by Gasteiger charge is -2.56. The van der Waals surface area contributed by atoms with Gasteiger partial charge in [-0.05, 0) is 244 Å². The van der Waals surface area contributed by atoms with Crippen molar-refractivity contribution in [2.45, 2.75) is 202 Å². The molecular weight excluding hydrogens is 1130 g/mol. The first-order valence-corrected chi connectivity index (χ1v) is 34.4. The summed E-state index contributed by atoms with van der Waals surface area (Å²) in [7, 11) is 0. The van der Waals surface area contributed by atoms with Crippen molar-refractivity contribution in [3.8, 4) is 57.3 Å². The zero-order valence-corrected chi connectivity index (χ0v) is 52.6. The number of ketones is 1. The summed E-state index contributed by atoms with van der Waals surface area (Å²) < 4.78 is 13.4. The molecule has 6 saturated carbocycles. The highest BCUT2D eigenvalue weighted by Gasteiger charge is 2.69. The number of phenols is 6. The number of rotatable bonds is 18. The second-order valence-corrected chi connectivity index (χ2v) is 30.0. The third kappa shape index (κ3) is 10.3. The van der Waals surface area contributed by atoms with Gasteiger partial charge in [-0.3, -0.25) is 10.5 Å². The average molecular weight is 1220 g/mol. The summed E-state index contributed by atoms with van der Waals surface area (Å²) in [6, 6.07) is 30.3. The van der Waals surface area contributed by atoms with Gasteiger partial charge in [0, 0.05) is 58.7 Å². The monoisotopic (exact) mass is 1220 g/mol. The number of aliphatic hydroxyl groups excluding tert-OH is 1. The molecule has 478 valence electrons. The average Bonchev–Trinajstić information content (AvgIpc) is 0.904. The summed E-state index contributed by atoms with van der Waals surface area (Å²) >= 11 is 0. The van der Waals surface area contributed by atoms with Gasteiger partial charge in [0.25, 0.3) is 0 Å². The van der Waals surface area contributed by atoms with E-state index >= 15 is 4.79 Å². The predicted molar refractivity (Wildman–Crippen MR) is 346 cm³/mol. The molecule has 0 radical (unpaired) electrons. The fraction of sp³-hybridized carbons (Fsp3) is 0.545. The number of nitrogens with two attached hydrogens (primary N) is 1. The number of aliphatic hydroxyl groups is 2. The van der Waals surface area contributed by atoms with Gasteiger partial charge in [-0.25, -0.2) is 0 Å². The van der Waals surface area contributed by atoms with Crippen LogP contribution in [0.25, 0.3) is 11.3 Å². The van der Waals surface area contributed by atoms with Crippen LogP contribution in [-0.4, -0.2) is 70.1 Å². The topological polar surface area (TPSA) is 239 Å². The van der Waals surface area contributed by atoms with Crippen LogP contribution in [-0.2, 0) is 28.7 Å². The van der Waals surface area contributed by atoms with Gasteiger partial charge in [0.2, 0.25) is 5.75 Å². The van der Waals surface area contributed by atoms with Crippen LogP contribution in [0.4, 0.5) is 0 Å². The predicted octanol–water partition coefficient (Wildman–Crippen LogP) is 15.1. The van der Waals surface area contributed by atoms with Gasteiger partial charge in [0.1, 0.15) is 35.4 Å². The first-order chi connectivity index (χ1) is 43.4. The number of aromatic amines is 1. The number of carbonyl (C=O) groups is 1. The largest absolute Gasteiger partial charge is 0.508 e. The number of fused-ring (bicyclic) bond motifs is 9. The third-order valence-electron chi connectivity index (χ3n) is 25.0. The highest BCUT2D eigenvalue weighted by molar-refractivity contribution is 5.82. The molecule has 11 N–H and O–H groups in total. The van der Waals surface area contributed by atoms with E-state index in [0.717, 1.165) is 124 Å². The zero-order valence-electron chi connectivity index (χ0n) is 52.6. The minimum absolute atomic E-state index is 0.0270. The van der Waals surface area contributed by atoms with Crippen molar-refractivity contribution < 1.29 is 55.1 Å². The molecule has 1 heterocycles. The quantitative estimate of drug-likeness (QED) is 0.0286. The maximum absolute atomic E-state index is 15.6. The van der Waals surface area contributed by atoms with Gasteiger partial charge < -0.3 is 55.3 Å². The van der Waals surface area contributed by atoms with E-state index in [2.05, 4.69) is 55.4 Å². The van der Waals surface area contributed by atoms with E-state index in [4.69, 9.17) is 15.2 Å². The lowest BCUT2D eigenvalue weighted by molar-refractivity contribution is -0.136. The summed E-state index contributed by atoms with van der Waals surface area (Å²) in [6.45, 7) is 4.34. The molecule has 5 aromatic carbocycles. The minimum Gasteiger partial charge on any atom is -0.508 e. The van der Waals surface area contributed by atoms with Crippen molar-refractivity contribution in [2.24, 2.45) is 58.5 Å². The Kier molecular flexibility index (Phi) is 16.1. The number of nitrogens with one attached hydrogen (secondary N) is 1. The van der Waals surface area contributed by atoms with Crippen molar-refractivity contribution in [2.75, 3.05) is 6.73 Å². The second-order valence-electron chi connectivity index (χ2n) is 30.0. The van der Waals surface area contributed by atoms with Gasteiger partial charge >= 0.3 is 0 Å². The molecule has 6 fully saturated rings. The van der Waals surface area contributed by atoms with E-state index in [9.17, 15) is 40.9 Å². The van der Waals surface area contributed by atoms with Crippen molar-refractivity contribution in [1.82, 2.24) is 4.98 Å². The fourth-order valence-electron chi connectivity index (χ4n) is 21.2. The number of Topliss-reactive ketones (excluding diaryl/α,β-unsaturated/α-hetero) is 1. The van der Waals surface area contributed by atoms with Crippen LogP contribution < -0.4 is 15.2 Å². The second kappa shape index (κ2) is 23.8. The number of carbonyl (C=O) groups excluding carboxylic acids is 1. The summed E-state index contributed by atoms with van der Waals surface area (Å²) in [5, 5.41) is 95.8. The highest BCUT2D eigenvalue weighted by atomic mass is 16.5. The Morgan fingerprint density at radius 3 is 2.39 bits per heavy atom. The Balaban J connectivity index is 0.955. The van der Waals surface area contributed by atoms with E-state index in [1.807, 2.05) is 18.2 Å². The summed E-state index contributed by atoms with van der Waals surface area (Å²) in [5.41, 5.74) is 12.6. The van der Waals surface area contributed by atoms with Crippen LogP contribution in [0.15, 0.2) is 103 Å². The standard InChI is InChI=1S/C77H94N2O11/c1-44(2)15-19-50-11-9-28-77(50,51-10-8-12-52(80)39-51)90-72-66-49-37-56-48(35-47-18-20-53(81)40-63(47)84)36-57(61(82)21-16-45-17-22-62(83)65(34-45)89-43-78)70(86)68(56)67(58(66)41-64(85)71(72)87)60(38-49)76-32-31-74(29-23-46(42-74)24-30-75(88)26-6-3-7-27-75)73(76)55-25-33-79-69(55)54-13-4-5-14-59(54)76/h4-5,8,10,12-14,17-18,20,22,25,33-34,39-41,44,46,48-50,56-57,60,67-68,70,73,79-81,83-88H,3,6-7,9,11,15-16,19,21,23-24,26-32,35-38,42-43,78H2,1-2H3. The van der Waals surface area contributed by atoms with Crippen molar-refractivity contribution in [1.29, 1.82) is 0 Å². The molecule has 9 aliphatic carbocycles. The number of aromatic nitrogens is 1. The molecule has 13 nitrogen and oxygen atoms in total. The summed E-state index contributed by atoms with van der Waals surface area (Å²) in [6.07, 6.45) is 19.7. The molecule has 0 aliphatic heterocycles. The maximum Gasteiger partial charge on any atom is 0.200 e. The summed E-state index contributed by atoms with van der Waals surface area (Å²) in [4.78, 5) is 19.4. The molecular formula is C77H94N2O11. The number of benzene rings is 5. The normalized spacial score (nSPS) is 32.0. The summed E-state index contributed by atoms with van der Waals surface area (Å²) in [5.74, 6) is -1.93. The lowest BCUT2D eigenvalue weighted by atomic mass is 9.47. The van der Waals surface area contributed by atoms with Gasteiger partial charge in [0.15, 0.2) is 23.0 Å². The zero-order chi connectivity index (χ0) is 62.4. The highest BCUT2D eigenvalue weighted by Crippen LogP contribution is 2.78. The Morgan fingerprint density at radius 2 is 1.59 bits per heavy atom.